The third-order valence-electron chi connectivity index (χ3n) is 3.21. The summed E-state index contributed by atoms with van der Waals surface area (Å²) in [4.78, 5) is 15.8. The Morgan fingerprint density at radius 1 is 1.29 bits per heavy atom. The molecule has 4 heteroatoms. The molecular formula is C17H22N2O2. The smallest absolute Gasteiger partial charge is 0.407 e. The quantitative estimate of drug-likeness (QED) is 0.937. The average Bonchev–Trinajstić information content (AvgIpc) is 2.39. The van der Waals surface area contributed by atoms with Gasteiger partial charge < -0.3 is 10.1 Å². The number of ether oxygens (including phenoxy) is 1. The first-order valence-corrected chi connectivity index (χ1v) is 7.16. The maximum absolute atomic E-state index is 11.7. The Labute approximate surface area is 125 Å². The van der Waals surface area contributed by atoms with Crippen molar-refractivity contribution in [1.29, 1.82) is 0 Å². The molecule has 0 saturated carbocycles. The van der Waals surface area contributed by atoms with Crippen LogP contribution in [0.15, 0.2) is 30.6 Å². The summed E-state index contributed by atoms with van der Waals surface area (Å²) in [7, 11) is 0. The lowest BCUT2D eigenvalue weighted by molar-refractivity contribution is 0.0528. The molecule has 0 atom stereocenters. The van der Waals surface area contributed by atoms with Crippen LogP contribution in [0.2, 0.25) is 0 Å². The van der Waals surface area contributed by atoms with Gasteiger partial charge in [-0.15, -0.1) is 0 Å². The van der Waals surface area contributed by atoms with E-state index in [0.29, 0.717) is 6.54 Å². The predicted octanol–water partition coefficient (Wildman–Crippen LogP) is 3.61. The van der Waals surface area contributed by atoms with Crippen LogP contribution in [-0.2, 0) is 11.2 Å². The predicted molar refractivity (Wildman–Crippen MR) is 84.4 cm³/mol. The molecule has 0 aliphatic rings. The number of hydrogen-bond donors (Lipinski definition) is 1. The molecule has 1 heterocycles. The van der Waals surface area contributed by atoms with Crippen molar-refractivity contribution in [3.05, 3.63) is 41.7 Å². The van der Waals surface area contributed by atoms with Crippen molar-refractivity contribution in [2.75, 3.05) is 6.54 Å². The molecule has 4 nitrogen and oxygen atoms in total. The molecule has 1 aromatic carbocycles. The van der Waals surface area contributed by atoms with Gasteiger partial charge in [-0.2, -0.15) is 0 Å². The fourth-order valence-electron chi connectivity index (χ4n) is 2.28. The zero-order chi connectivity index (χ0) is 15.5. The van der Waals surface area contributed by atoms with Gasteiger partial charge >= 0.3 is 6.09 Å². The molecular weight excluding hydrogens is 264 g/mol. The van der Waals surface area contributed by atoms with Crippen LogP contribution in [0.3, 0.4) is 0 Å². The summed E-state index contributed by atoms with van der Waals surface area (Å²) in [5.74, 6) is 0. The highest BCUT2D eigenvalue weighted by atomic mass is 16.6. The summed E-state index contributed by atoms with van der Waals surface area (Å²) < 4.78 is 5.23. The van der Waals surface area contributed by atoms with E-state index in [-0.39, 0.29) is 6.09 Å². The van der Waals surface area contributed by atoms with Crippen molar-refractivity contribution >= 4 is 16.9 Å². The fourth-order valence-corrected chi connectivity index (χ4v) is 2.28. The number of amides is 1. The van der Waals surface area contributed by atoms with E-state index >= 15 is 0 Å². The van der Waals surface area contributed by atoms with Gasteiger partial charge in [0, 0.05) is 24.3 Å². The Bertz CT molecular complexity index is 645. The Morgan fingerprint density at radius 2 is 2.05 bits per heavy atom. The molecule has 0 unspecified atom stereocenters. The Kier molecular flexibility index (Phi) is 4.46. The van der Waals surface area contributed by atoms with Gasteiger partial charge in [0.05, 0.1) is 0 Å². The Morgan fingerprint density at radius 3 is 2.76 bits per heavy atom. The number of hydrogen-bond acceptors (Lipinski definition) is 3. The molecule has 21 heavy (non-hydrogen) atoms. The van der Waals surface area contributed by atoms with Crippen LogP contribution in [0.4, 0.5) is 4.79 Å². The van der Waals surface area contributed by atoms with Crippen molar-refractivity contribution < 1.29 is 9.53 Å². The van der Waals surface area contributed by atoms with E-state index in [1.54, 1.807) is 6.20 Å². The highest BCUT2D eigenvalue weighted by Gasteiger charge is 2.15. The van der Waals surface area contributed by atoms with E-state index in [0.717, 1.165) is 11.8 Å². The summed E-state index contributed by atoms with van der Waals surface area (Å²) in [6.07, 6.45) is 4.06. The number of carbonyl (C=O) groups excluding carboxylic acids is 1. The zero-order valence-corrected chi connectivity index (χ0v) is 13.1. The normalized spacial score (nSPS) is 11.4. The van der Waals surface area contributed by atoms with Crippen molar-refractivity contribution in [2.45, 2.75) is 39.7 Å². The Hall–Kier alpha value is -2.10. The zero-order valence-electron chi connectivity index (χ0n) is 13.1. The molecule has 0 aliphatic heterocycles. The van der Waals surface area contributed by atoms with Crippen molar-refractivity contribution in [1.82, 2.24) is 10.3 Å². The van der Waals surface area contributed by atoms with Crippen LogP contribution in [0, 0.1) is 6.92 Å². The number of aryl methyl sites for hydroxylation is 1. The topological polar surface area (TPSA) is 51.2 Å². The number of nitrogens with zero attached hydrogens (tertiary/aromatic N) is 1. The number of fused-ring (bicyclic) bond motifs is 1. The summed E-state index contributed by atoms with van der Waals surface area (Å²) >= 11 is 0. The highest BCUT2D eigenvalue weighted by Crippen LogP contribution is 2.21. The fraction of sp³-hybridized carbons (Fsp3) is 0.412. The minimum absolute atomic E-state index is 0.373. The number of nitrogens with one attached hydrogen (secondary N) is 1. The summed E-state index contributed by atoms with van der Waals surface area (Å²) in [6, 6.07) is 6.18. The molecule has 0 aliphatic carbocycles. The van der Waals surface area contributed by atoms with E-state index in [2.05, 4.69) is 29.4 Å². The lowest BCUT2D eigenvalue weighted by atomic mass is 9.99. The molecule has 1 amide bonds. The first kappa shape index (κ1) is 15.3. The number of benzene rings is 1. The van der Waals surface area contributed by atoms with Crippen LogP contribution >= 0.6 is 0 Å². The summed E-state index contributed by atoms with van der Waals surface area (Å²) in [5.41, 5.74) is 2.00. The van der Waals surface area contributed by atoms with Crippen LogP contribution in [0.5, 0.6) is 0 Å². The Balaban J connectivity index is 2.04. The van der Waals surface area contributed by atoms with Crippen molar-refractivity contribution in [2.24, 2.45) is 0 Å². The second-order valence-corrected chi connectivity index (χ2v) is 6.14. The van der Waals surface area contributed by atoms with E-state index < -0.39 is 5.60 Å². The van der Waals surface area contributed by atoms with Gasteiger partial charge in [-0.3, -0.25) is 4.98 Å². The van der Waals surface area contributed by atoms with Crippen LogP contribution in [-0.4, -0.2) is 23.2 Å². The molecule has 1 N–H and O–H groups in total. The van der Waals surface area contributed by atoms with Gasteiger partial charge in [-0.1, -0.05) is 12.1 Å². The van der Waals surface area contributed by atoms with Crippen molar-refractivity contribution in [3.8, 4) is 0 Å². The van der Waals surface area contributed by atoms with Gasteiger partial charge in [0.15, 0.2) is 0 Å². The molecule has 0 fully saturated rings. The third kappa shape index (κ3) is 4.18. The first-order chi connectivity index (χ1) is 9.87. The summed E-state index contributed by atoms with van der Waals surface area (Å²) in [6.45, 7) is 8.21. The first-order valence-electron chi connectivity index (χ1n) is 7.16. The molecule has 0 radical (unpaired) electrons. The van der Waals surface area contributed by atoms with Crippen molar-refractivity contribution in [3.63, 3.8) is 0 Å². The maximum Gasteiger partial charge on any atom is 0.407 e. The van der Waals surface area contributed by atoms with Gasteiger partial charge in [0.2, 0.25) is 0 Å². The van der Waals surface area contributed by atoms with Gasteiger partial charge in [-0.05, 0) is 56.7 Å². The minimum atomic E-state index is -0.467. The second kappa shape index (κ2) is 6.12. The molecule has 112 valence electrons. The monoisotopic (exact) mass is 286 g/mol. The third-order valence-corrected chi connectivity index (χ3v) is 3.21. The maximum atomic E-state index is 11.7. The highest BCUT2D eigenvalue weighted by molar-refractivity contribution is 5.86. The molecule has 2 aromatic rings. The van der Waals surface area contributed by atoms with E-state index in [9.17, 15) is 4.79 Å². The van der Waals surface area contributed by atoms with E-state index in [1.165, 1.54) is 16.5 Å². The number of alkyl carbamates (subject to hydrolysis) is 1. The van der Waals surface area contributed by atoms with Gasteiger partial charge in [-0.25, -0.2) is 4.79 Å². The van der Waals surface area contributed by atoms with Crippen LogP contribution < -0.4 is 5.32 Å². The van der Waals surface area contributed by atoms with Crippen LogP contribution in [0.25, 0.3) is 10.8 Å². The largest absolute Gasteiger partial charge is 0.444 e. The second-order valence-electron chi connectivity index (χ2n) is 6.14. The molecule has 0 saturated heterocycles. The lowest BCUT2D eigenvalue weighted by Gasteiger charge is -2.20. The summed E-state index contributed by atoms with van der Waals surface area (Å²) in [5, 5.41) is 5.11. The number of pyridine rings is 1. The number of rotatable bonds is 3. The minimum Gasteiger partial charge on any atom is -0.444 e. The van der Waals surface area contributed by atoms with Gasteiger partial charge in [0.1, 0.15) is 5.60 Å². The lowest BCUT2D eigenvalue weighted by Crippen LogP contribution is -2.33. The SMILES string of the molecule is Cc1ccc2cnccc2c1CCNC(=O)OC(C)(C)C. The van der Waals surface area contributed by atoms with Gasteiger partial charge in [0.25, 0.3) is 0 Å². The number of aromatic nitrogens is 1. The molecule has 0 spiro atoms. The number of carbonyl (C=O) groups is 1. The van der Waals surface area contributed by atoms with Crippen LogP contribution in [0.1, 0.15) is 31.9 Å². The average molecular weight is 286 g/mol. The molecule has 2 rings (SSSR count). The molecule has 0 bridgehead atoms. The van der Waals surface area contributed by atoms with E-state index in [4.69, 9.17) is 4.74 Å². The van der Waals surface area contributed by atoms with E-state index in [1.807, 2.05) is 33.0 Å². The standard InChI is InChI=1S/C17H22N2O2/c1-12-5-6-13-11-18-9-7-15(13)14(12)8-10-19-16(20)21-17(2,3)4/h5-7,9,11H,8,10H2,1-4H3,(H,19,20). The molecule has 1 aromatic heterocycles.